The normalized spacial score (nSPS) is 12.7. The van der Waals surface area contributed by atoms with Gasteiger partial charge in [-0.1, -0.05) is 6.07 Å². The van der Waals surface area contributed by atoms with E-state index in [1.54, 1.807) is 0 Å². The van der Waals surface area contributed by atoms with Crippen molar-refractivity contribution in [2.24, 2.45) is 0 Å². The monoisotopic (exact) mass is 255 g/mol. The van der Waals surface area contributed by atoms with Crippen molar-refractivity contribution < 1.29 is 13.9 Å². The van der Waals surface area contributed by atoms with Crippen molar-refractivity contribution in [3.05, 3.63) is 51.5 Å². The number of thiazole rings is 1. The molecule has 0 bridgehead atoms. The molecular formula is C12H11F2NOS. The molecule has 0 fully saturated rings. The van der Waals surface area contributed by atoms with Crippen molar-refractivity contribution >= 4 is 11.3 Å². The Kier molecular flexibility index (Phi) is 3.49. The Hall–Kier alpha value is -1.33. The lowest BCUT2D eigenvalue weighted by atomic mass is 10.1. The van der Waals surface area contributed by atoms with Gasteiger partial charge < -0.3 is 5.11 Å². The molecule has 0 spiro atoms. The van der Waals surface area contributed by atoms with Gasteiger partial charge in [0.25, 0.3) is 0 Å². The van der Waals surface area contributed by atoms with Crippen LogP contribution in [-0.2, 0) is 6.42 Å². The molecule has 1 aromatic carbocycles. The second-order valence-corrected chi connectivity index (χ2v) is 4.68. The number of hydrogen-bond acceptors (Lipinski definition) is 3. The molecule has 1 aromatic heterocycles. The molecule has 90 valence electrons. The van der Waals surface area contributed by atoms with Crippen LogP contribution in [0.4, 0.5) is 8.78 Å². The molecule has 1 heterocycles. The standard InChI is InChI=1S/C12H11F2NOS/c1-7-6-17-11(15-7)5-10(16)12-8(13)3-2-4-9(12)14/h2-4,6,10,16H,5H2,1H3. The number of rotatable bonds is 3. The second kappa shape index (κ2) is 4.89. The molecule has 0 radical (unpaired) electrons. The van der Waals surface area contributed by atoms with Crippen LogP contribution >= 0.6 is 11.3 Å². The summed E-state index contributed by atoms with van der Waals surface area (Å²) in [5, 5.41) is 12.3. The number of aliphatic hydroxyl groups is 1. The van der Waals surface area contributed by atoms with Crippen molar-refractivity contribution in [1.82, 2.24) is 4.98 Å². The van der Waals surface area contributed by atoms with Gasteiger partial charge in [-0.3, -0.25) is 0 Å². The van der Waals surface area contributed by atoms with Gasteiger partial charge in [0.1, 0.15) is 11.6 Å². The average molecular weight is 255 g/mol. The summed E-state index contributed by atoms with van der Waals surface area (Å²) in [5.41, 5.74) is 0.548. The zero-order valence-electron chi connectivity index (χ0n) is 9.15. The molecule has 0 aliphatic heterocycles. The third kappa shape index (κ3) is 2.68. The Bertz CT molecular complexity index is 507. The maximum absolute atomic E-state index is 13.4. The highest BCUT2D eigenvalue weighted by Crippen LogP contribution is 2.25. The molecular weight excluding hydrogens is 244 g/mol. The van der Waals surface area contributed by atoms with Crippen molar-refractivity contribution in [3.63, 3.8) is 0 Å². The van der Waals surface area contributed by atoms with E-state index < -0.39 is 17.7 Å². The van der Waals surface area contributed by atoms with E-state index in [0.29, 0.717) is 5.01 Å². The first kappa shape index (κ1) is 12.1. The van der Waals surface area contributed by atoms with Crippen molar-refractivity contribution in [3.8, 4) is 0 Å². The minimum atomic E-state index is -1.21. The molecule has 1 N–H and O–H groups in total. The van der Waals surface area contributed by atoms with Crippen molar-refractivity contribution in [2.75, 3.05) is 0 Å². The highest BCUT2D eigenvalue weighted by atomic mass is 32.1. The largest absolute Gasteiger partial charge is 0.388 e. The van der Waals surface area contributed by atoms with E-state index >= 15 is 0 Å². The molecule has 17 heavy (non-hydrogen) atoms. The zero-order chi connectivity index (χ0) is 12.4. The number of nitrogens with zero attached hydrogens (tertiary/aromatic N) is 1. The number of aromatic nitrogens is 1. The van der Waals surface area contributed by atoms with Crippen LogP contribution in [0.25, 0.3) is 0 Å². The highest BCUT2D eigenvalue weighted by molar-refractivity contribution is 7.09. The van der Waals surface area contributed by atoms with Gasteiger partial charge in [0.15, 0.2) is 0 Å². The van der Waals surface area contributed by atoms with Gasteiger partial charge >= 0.3 is 0 Å². The van der Waals surface area contributed by atoms with Crippen molar-refractivity contribution in [1.29, 1.82) is 0 Å². The van der Waals surface area contributed by atoms with E-state index in [-0.39, 0.29) is 12.0 Å². The van der Waals surface area contributed by atoms with Crippen LogP contribution in [0, 0.1) is 18.6 Å². The number of halogens is 2. The Morgan fingerprint density at radius 1 is 1.35 bits per heavy atom. The van der Waals surface area contributed by atoms with Crippen LogP contribution in [0.2, 0.25) is 0 Å². The maximum Gasteiger partial charge on any atom is 0.131 e. The fourth-order valence-electron chi connectivity index (χ4n) is 1.59. The van der Waals surface area contributed by atoms with Gasteiger partial charge in [-0.05, 0) is 19.1 Å². The van der Waals surface area contributed by atoms with Crippen LogP contribution in [0.15, 0.2) is 23.6 Å². The molecule has 2 rings (SSSR count). The number of aliphatic hydroxyl groups excluding tert-OH is 1. The third-order valence-electron chi connectivity index (χ3n) is 2.37. The maximum atomic E-state index is 13.4. The minimum Gasteiger partial charge on any atom is -0.388 e. The molecule has 5 heteroatoms. The Morgan fingerprint density at radius 2 is 2.00 bits per heavy atom. The van der Waals surface area contributed by atoms with Crippen molar-refractivity contribution in [2.45, 2.75) is 19.4 Å². The quantitative estimate of drug-likeness (QED) is 0.914. The van der Waals surface area contributed by atoms with Crippen LogP contribution < -0.4 is 0 Å². The van der Waals surface area contributed by atoms with Gasteiger partial charge in [-0.2, -0.15) is 0 Å². The molecule has 0 saturated carbocycles. The van der Waals surface area contributed by atoms with Crippen LogP contribution in [-0.4, -0.2) is 10.1 Å². The zero-order valence-corrected chi connectivity index (χ0v) is 9.97. The summed E-state index contributed by atoms with van der Waals surface area (Å²) < 4.78 is 26.8. The van der Waals surface area contributed by atoms with Gasteiger partial charge in [0, 0.05) is 17.5 Å². The summed E-state index contributed by atoms with van der Waals surface area (Å²) in [5.74, 6) is -1.46. The van der Waals surface area contributed by atoms with Gasteiger partial charge in [-0.15, -0.1) is 11.3 Å². The van der Waals surface area contributed by atoms with Gasteiger partial charge in [0.2, 0.25) is 0 Å². The summed E-state index contributed by atoms with van der Waals surface area (Å²) in [7, 11) is 0. The van der Waals surface area contributed by atoms with E-state index in [1.165, 1.54) is 17.4 Å². The van der Waals surface area contributed by atoms with Gasteiger partial charge in [-0.25, -0.2) is 13.8 Å². The molecule has 2 nitrogen and oxygen atoms in total. The Morgan fingerprint density at radius 3 is 2.53 bits per heavy atom. The lowest BCUT2D eigenvalue weighted by molar-refractivity contribution is 0.168. The van der Waals surface area contributed by atoms with E-state index in [0.717, 1.165) is 17.8 Å². The lowest BCUT2D eigenvalue weighted by Crippen LogP contribution is -2.07. The van der Waals surface area contributed by atoms with E-state index in [9.17, 15) is 13.9 Å². The first-order chi connectivity index (χ1) is 8.08. The number of benzene rings is 1. The molecule has 0 aliphatic rings. The predicted octanol–water partition coefficient (Wildman–Crippen LogP) is 3.01. The summed E-state index contributed by atoms with van der Waals surface area (Å²) in [6.07, 6.45) is -1.09. The summed E-state index contributed by atoms with van der Waals surface area (Å²) in [6, 6.07) is 3.54. The molecule has 0 amide bonds. The Balaban J connectivity index is 2.22. The molecule has 0 aliphatic carbocycles. The Labute approximate surface area is 102 Å². The first-order valence-electron chi connectivity index (χ1n) is 5.11. The second-order valence-electron chi connectivity index (χ2n) is 3.74. The van der Waals surface area contributed by atoms with E-state index in [2.05, 4.69) is 4.98 Å². The highest BCUT2D eigenvalue weighted by Gasteiger charge is 2.19. The summed E-state index contributed by atoms with van der Waals surface area (Å²) >= 11 is 1.37. The van der Waals surface area contributed by atoms with Crippen LogP contribution in [0.1, 0.15) is 22.4 Å². The summed E-state index contributed by atoms with van der Waals surface area (Å²) in [6.45, 7) is 1.83. The third-order valence-corrected chi connectivity index (χ3v) is 3.36. The minimum absolute atomic E-state index is 0.121. The number of hydrogen-bond donors (Lipinski definition) is 1. The first-order valence-corrected chi connectivity index (χ1v) is 5.99. The molecule has 0 saturated heterocycles. The molecule has 1 atom stereocenters. The predicted molar refractivity (Wildman–Crippen MR) is 61.9 cm³/mol. The fraction of sp³-hybridized carbons (Fsp3) is 0.250. The van der Waals surface area contributed by atoms with Gasteiger partial charge in [0.05, 0.1) is 16.7 Å². The molecule has 1 unspecified atom stereocenters. The topological polar surface area (TPSA) is 33.1 Å². The number of aryl methyl sites for hydroxylation is 1. The lowest BCUT2D eigenvalue weighted by Gasteiger charge is -2.11. The van der Waals surface area contributed by atoms with E-state index in [4.69, 9.17) is 0 Å². The van der Waals surface area contributed by atoms with Crippen LogP contribution in [0.5, 0.6) is 0 Å². The van der Waals surface area contributed by atoms with Crippen LogP contribution in [0.3, 0.4) is 0 Å². The average Bonchev–Trinajstić information content (AvgIpc) is 2.63. The SMILES string of the molecule is Cc1csc(CC(O)c2c(F)cccc2F)n1. The van der Waals surface area contributed by atoms with E-state index in [1.807, 2.05) is 12.3 Å². The fourth-order valence-corrected chi connectivity index (χ4v) is 2.40. The smallest absolute Gasteiger partial charge is 0.131 e. The molecule has 2 aromatic rings. The summed E-state index contributed by atoms with van der Waals surface area (Å²) in [4.78, 5) is 4.15.